The maximum absolute atomic E-state index is 12.4. The van der Waals surface area contributed by atoms with Crippen molar-refractivity contribution in [2.45, 2.75) is 26.2 Å². The van der Waals surface area contributed by atoms with Gasteiger partial charge < -0.3 is 4.74 Å². The van der Waals surface area contributed by atoms with Crippen LogP contribution in [0.15, 0.2) is 22.7 Å². The summed E-state index contributed by atoms with van der Waals surface area (Å²) >= 11 is 4.60. The molecule has 0 spiro atoms. The highest BCUT2D eigenvalue weighted by atomic mass is 79.9. The van der Waals surface area contributed by atoms with Crippen molar-refractivity contribution in [3.63, 3.8) is 0 Å². The van der Waals surface area contributed by atoms with Crippen LogP contribution in [0.3, 0.4) is 0 Å². The minimum absolute atomic E-state index is 0.0563. The van der Waals surface area contributed by atoms with E-state index in [0.717, 1.165) is 21.5 Å². The number of rotatable bonds is 5. The Bertz CT molecular complexity index is 625. The summed E-state index contributed by atoms with van der Waals surface area (Å²) in [6.45, 7) is 4.02. The highest BCUT2D eigenvalue weighted by molar-refractivity contribution is 9.10. The molecule has 1 aromatic carbocycles. The summed E-state index contributed by atoms with van der Waals surface area (Å²) in [7, 11) is 1.61. The summed E-state index contributed by atoms with van der Waals surface area (Å²) in [5.41, 5.74) is 1.72. The molecule has 0 N–H and O–H groups in total. The van der Waals surface area contributed by atoms with Crippen molar-refractivity contribution in [3.05, 3.63) is 38.8 Å². The Morgan fingerprint density at radius 2 is 2.20 bits per heavy atom. The minimum Gasteiger partial charge on any atom is -0.496 e. The zero-order valence-electron chi connectivity index (χ0n) is 11.5. The molecule has 0 radical (unpaired) electrons. The molecule has 106 valence electrons. The Balaban J connectivity index is 2.19. The molecular weight excluding hydrogens is 340 g/mol. The molecule has 0 atom stereocenters. The summed E-state index contributed by atoms with van der Waals surface area (Å²) in [5, 5.41) is 4.04. The highest BCUT2D eigenvalue weighted by Gasteiger charge is 2.19. The summed E-state index contributed by atoms with van der Waals surface area (Å²) < 4.78 is 9.91. The third-order valence-corrected chi connectivity index (χ3v) is 4.30. The molecular formula is C14H15BrN2O2S. The van der Waals surface area contributed by atoms with Crippen molar-refractivity contribution < 1.29 is 9.53 Å². The van der Waals surface area contributed by atoms with E-state index in [4.69, 9.17) is 4.74 Å². The fourth-order valence-corrected chi connectivity index (χ4v) is 3.20. The van der Waals surface area contributed by atoms with Crippen molar-refractivity contribution in [2.75, 3.05) is 7.11 Å². The molecule has 4 nitrogen and oxygen atoms in total. The second kappa shape index (κ2) is 6.45. The van der Waals surface area contributed by atoms with Gasteiger partial charge in [-0.2, -0.15) is 0 Å². The quantitative estimate of drug-likeness (QED) is 0.765. The molecule has 0 saturated heterocycles. The number of hydrogen-bond donors (Lipinski definition) is 0. The van der Waals surface area contributed by atoms with E-state index in [2.05, 4.69) is 25.5 Å². The average Bonchev–Trinajstić information content (AvgIpc) is 2.88. The lowest BCUT2D eigenvalue weighted by molar-refractivity contribution is 0.0995. The Morgan fingerprint density at radius 3 is 2.80 bits per heavy atom. The Morgan fingerprint density at radius 1 is 1.45 bits per heavy atom. The standard InChI is InChI=1S/C14H15BrN2O2S/c1-8(2)13-14(20-17-16-13)11(18)7-9-4-5-12(19-3)10(15)6-9/h4-6,8H,7H2,1-3H3. The molecule has 0 saturated carbocycles. The first kappa shape index (κ1) is 15.1. The van der Waals surface area contributed by atoms with E-state index in [-0.39, 0.29) is 11.7 Å². The molecule has 2 aromatic rings. The fraction of sp³-hybridized carbons (Fsp3) is 0.357. The van der Waals surface area contributed by atoms with Gasteiger partial charge in [-0.15, -0.1) is 5.10 Å². The third-order valence-electron chi connectivity index (χ3n) is 2.89. The number of halogens is 1. The number of hydrogen-bond acceptors (Lipinski definition) is 5. The van der Waals surface area contributed by atoms with Gasteiger partial charge in [0.15, 0.2) is 5.78 Å². The van der Waals surface area contributed by atoms with Crippen LogP contribution in [0.4, 0.5) is 0 Å². The van der Waals surface area contributed by atoms with Crippen molar-refractivity contribution in [1.82, 2.24) is 9.59 Å². The lowest BCUT2D eigenvalue weighted by Crippen LogP contribution is -2.06. The monoisotopic (exact) mass is 354 g/mol. The number of carbonyl (C=O) groups is 1. The van der Waals surface area contributed by atoms with E-state index in [1.165, 1.54) is 11.5 Å². The predicted molar refractivity (Wildman–Crippen MR) is 82.7 cm³/mol. The Kier molecular flexibility index (Phi) is 4.88. The van der Waals surface area contributed by atoms with Crippen LogP contribution in [0, 0.1) is 0 Å². The van der Waals surface area contributed by atoms with Crippen molar-refractivity contribution in [3.8, 4) is 5.75 Å². The van der Waals surface area contributed by atoms with E-state index >= 15 is 0 Å². The van der Waals surface area contributed by atoms with Crippen molar-refractivity contribution in [1.29, 1.82) is 0 Å². The Hall–Kier alpha value is -1.27. The van der Waals surface area contributed by atoms with Gasteiger partial charge in [0.25, 0.3) is 0 Å². The number of methoxy groups -OCH3 is 1. The second-order valence-electron chi connectivity index (χ2n) is 4.71. The molecule has 0 amide bonds. The van der Waals surface area contributed by atoms with E-state index in [0.29, 0.717) is 11.3 Å². The first-order valence-electron chi connectivity index (χ1n) is 6.20. The van der Waals surface area contributed by atoms with E-state index < -0.39 is 0 Å². The molecule has 0 aliphatic rings. The number of ketones is 1. The zero-order chi connectivity index (χ0) is 14.7. The van der Waals surface area contributed by atoms with Gasteiger partial charge in [-0.25, -0.2) is 0 Å². The van der Waals surface area contributed by atoms with Crippen LogP contribution in [-0.2, 0) is 6.42 Å². The predicted octanol–water partition coefficient (Wildman–Crippen LogP) is 3.86. The van der Waals surface area contributed by atoms with E-state index in [9.17, 15) is 4.79 Å². The molecule has 0 aliphatic heterocycles. The van der Waals surface area contributed by atoms with Crippen LogP contribution in [0.25, 0.3) is 0 Å². The number of nitrogens with zero attached hydrogens (tertiary/aromatic N) is 2. The first-order chi connectivity index (χ1) is 9.52. The number of carbonyl (C=O) groups excluding carboxylic acids is 1. The summed E-state index contributed by atoms with van der Waals surface area (Å²) in [4.78, 5) is 13.0. The summed E-state index contributed by atoms with van der Waals surface area (Å²) in [6.07, 6.45) is 0.339. The first-order valence-corrected chi connectivity index (χ1v) is 7.77. The highest BCUT2D eigenvalue weighted by Crippen LogP contribution is 2.27. The molecule has 20 heavy (non-hydrogen) atoms. The number of Topliss-reactive ketones (excluding diaryl/α,β-unsaturated/α-hetero) is 1. The van der Waals surface area contributed by atoms with Crippen LogP contribution in [-0.4, -0.2) is 22.5 Å². The Labute approximate surface area is 130 Å². The van der Waals surface area contributed by atoms with E-state index in [1.807, 2.05) is 32.0 Å². The van der Waals surface area contributed by atoms with Gasteiger partial charge in [-0.05, 0) is 51.1 Å². The van der Waals surface area contributed by atoms with Crippen molar-refractivity contribution >= 4 is 33.2 Å². The van der Waals surface area contributed by atoms with Gasteiger partial charge in [-0.1, -0.05) is 24.4 Å². The van der Waals surface area contributed by atoms with Gasteiger partial charge in [0.05, 0.1) is 17.3 Å². The fourth-order valence-electron chi connectivity index (χ4n) is 1.85. The number of benzene rings is 1. The van der Waals surface area contributed by atoms with Crippen LogP contribution in [0.2, 0.25) is 0 Å². The average molecular weight is 355 g/mol. The lowest BCUT2D eigenvalue weighted by Gasteiger charge is -2.06. The largest absolute Gasteiger partial charge is 0.496 e. The molecule has 0 bridgehead atoms. The van der Waals surface area contributed by atoms with Gasteiger partial charge in [0.1, 0.15) is 10.6 Å². The molecule has 1 heterocycles. The topological polar surface area (TPSA) is 52.1 Å². The van der Waals surface area contributed by atoms with Crippen LogP contribution in [0.5, 0.6) is 5.75 Å². The maximum atomic E-state index is 12.4. The number of aromatic nitrogens is 2. The summed E-state index contributed by atoms with van der Waals surface area (Å²) in [6, 6.07) is 5.65. The lowest BCUT2D eigenvalue weighted by atomic mass is 10.0. The van der Waals surface area contributed by atoms with Crippen molar-refractivity contribution in [2.24, 2.45) is 0 Å². The third kappa shape index (κ3) is 3.24. The molecule has 2 rings (SSSR count). The van der Waals surface area contributed by atoms with Gasteiger partial charge in [-0.3, -0.25) is 4.79 Å². The SMILES string of the molecule is COc1ccc(CC(=O)c2snnc2C(C)C)cc1Br. The molecule has 0 fully saturated rings. The molecule has 0 aliphatic carbocycles. The van der Waals surface area contributed by atoms with Crippen LogP contribution >= 0.6 is 27.5 Å². The maximum Gasteiger partial charge on any atom is 0.180 e. The molecule has 0 unspecified atom stereocenters. The van der Waals surface area contributed by atoms with Gasteiger partial charge in [0, 0.05) is 6.42 Å². The number of ether oxygens (including phenoxy) is 1. The molecule has 1 aromatic heterocycles. The van der Waals surface area contributed by atoms with Gasteiger partial charge >= 0.3 is 0 Å². The normalized spacial score (nSPS) is 10.8. The second-order valence-corrected chi connectivity index (χ2v) is 6.32. The van der Waals surface area contributed by atoms with Gasteiger partial charge in [0.2, 0.25) is 0 Å². The minimum atomic E-state index is 0.0563. The molecule has 6 heteroatoms. The summed E-state index contributed by atoms with van der Waals surface area (Å²) in [5.74, 6) is 1.01. The van der Waals surface area contributed by atoms with E-state index in [1.54, 1.807) is 7.11 Å². The van der Waals surface area contributed by atoms with Crippen LogP contribution in [0.1, 0.15) is 40.7 Å². The smallest absolute Gasteiger partial charge is 0.180 e. The van der Waals surface area contributed by atoms with Crippen LogP contribution < -0.4 is 4.74 Å². The zero-order valence-corrected chi connectivity index (χ0v) is 13.9.